The lowest BCUT2D eigenvalue weighted by atomic mass is 9.81. The van der Waals surface area contributed by atoms with Crippen molar-refractivity contribution < 1.29 is 0 Å². The average Bonchev–Trinajstić information content (AvgIpc) is 3.53. The molecule has 0 spiro atoms. The van der Waals surface area contributed by atoms with Gasteiger partial charge in [-0.2, -0.15) is 0 Å². The Kier molecular flexibility index (Phi) is 8.20. The smallest absolute Gasteiger partial charge is 0.160 e. The Hall–Kier alpha value is -7.42. The molecule has 2 nitrogen and oxygen atoms in total. The molecule has 1 heterocycles. The molecule has 0 bridgehead atoms. The van der Waals surface area contributed by atoms with Gasteiger partial charge in [-0.15, -0.1) is 0 Å². The van der Waals surface area contributed by atoms with E-state index >= 15 is 0 Å². The fourth-order valence-electron chi connectivity index (χ4n) is 9.10. The Balaban J connectivity index is 1.14. The maximum absolute atomic E-state index is 5.34. The third kappa shape index (κ3) is 6.13. The molecular formula is C57H40N2. The molecule has 0 radical (unpaired) electrons. The van der Waals surface area contributed by atoms with E-state index in [-0.39, 0.29) is 5.41 Å². The molecule has 0 saturated heterocycles. The molecule has 278 valence electrons. The van der Waals surface area contributed by atoms with Crippen molar-refractivity contribution in [2.45, 2.75) is 19.3 Å². The van der Waals surface area contributed by atoms with Crippen LogP contribution in [0.15, 0.2) is 206 Å². The first kappa shape index (κ1) is 34.8. The van der Waals surface area contributed by atoms with Crippen molar-refractivity contribution in [3.63, 3.8) is 0 Å². The predicted octanol–water partition coefficient (Wildman–Crippen LogP) is 15.1. The van der Waals surface area contributed by atoms with Crippen LogP contribution >= 0.6 is 0 Å². The zero-order valence-electron chi connectivity index (χ0n) is 33.0. The number of aromatic nitrogens is 2. The van der Waals surface area contributed by atoms with Crippen LogP contribution in [-0.4, -0.2) is 9.97 Å². The summed E-state index contributed by atoms with van der Waals surface area (Å²) in [7, 11) is 0. The molecule has 1 aliphatic carbocycles. The minimum Gasteiger partial charge on any atom is -0.228 e. The van der Waals surface area contributed by atoms with E-state index in [9.17, 15) is 0 Å². The third-order valence-electron chi connectivity index (χ3n) is 12.2. The van der Waals surface area contributed by atoms with Gasteiger partial charge in [0, 0.05) is 22.1 Å². The molecule has 10 aromatic rings. The van der Waals surface area contributed by atoms with E-state index in [0.717, 1.165) is 39.2 Å². The van der Waals surface area contributed by atoms with Crippen LogP contribution in [-0.2, 0) is 5.41 Å². The van der Waals surface area contributed by atoms with Crippen molar-refractivity contribution in [1.29, 1.82) is 0 Å². The summed E-state index contributed by atoms with van der Waals surface area (Å²) in [6.07, 6.45) is 0. The highest BCUT2D eigenvalue weighted by Crippen LogP contribution is 2.53. The standard InChI is InChI=1S/C57H40N2/c1-57(2)51-23-13-22-49(55(51)50-34-43-20-11-12-21-44(43)35-52(50)57)47-31-46(45-29-26-38-16-9-10-19-42(38)30-45)32-48(33-47)54-36-53(58-56(59-54)41-17-7-4-8-18-41)40-27-24-39(25-28-40)37-14-5-3-6-15-37/h3-36H,1-2H3. The molecule has 0 saturated carbocycles. The minimum absolute atomic E-state index is 0.147. The normalized spacial score (nSPS) is 12.7. The third-order valence-corrected chi connectivity index (χ3v) is 12.2. The minimum atomic E-state index is -0.147. The number of benzene rings is 9. The second-order valence-corrected chi connectivity index (χ2v) is 16.2. The van der Waals surface area contributed by atoms with Crippen LogP contribution in [0.4, 0.5) is 0 Å². The van der Waals surface area contributed by atoms with Crippen molar-refractivity contribution in [1.82, 2.24) is 9.97 Å². The molecule has 0 fully saturated rings. The van der Waals surface area contributed by atoms with Crippen LogP contribution in [0.1, 0.15) is 25.0 Å². The Morgan fingerprint density at radius 2 is 0.847 bits per heavy atom. The molecule has 0 N–H and O–H groups in total. The van der Waals surface area contributed by atoms with Crippen molar-refractivity contribution in [2.75, 3.05) is 0 Å². The number of hydrogen-bond acceptors (Lipinski definition) is 2. The van der Waals surface area contributed by atoms with Crippen molar-refractivity contribution in [2.24, 2.45) is 0 Å². The van der Waals surface area contributed by atoms with Crippen LogP contribution in [0.5, 0.6) is 0 Å². The summed E-state index contributed by atoms with van der Waals surface area (Å²) in [6.45, 7) is 4.74. The monoisotopic (exact) mass is 752 g/mol. The van der Waals surface area contributed by atoms with Crippen LogP contribution in [0.25, 0.3) is 100.0 Å². The quantitative estimate of drug-likeness (QED) is 0.169. The van der Waals surface area contributed by atoms with Crippen molar-refractivity contribution >= 4 is 21.5 Å². The van der Waals surface area contributed by atoms with Gasteiger partial charge < -0.3 is 0 Å². The topological polar surface area (TPSA) is 25.8 Å². The second kappa shape index (κ2) is 13.9. The number of hydrogen-bond donors (Lipinski definition) is 0. The van der Waals surface area contributed by atoms with E-state index in [1.807, 2.05) is 6.07 Å². The summed E-state index contributed by atoms with van der Waals surface area (Å²) in [5, 5.41) is 4.98. The van der Waals surface area contributed by atoms with Crippen molar-refractivity contribution in [3.8, 4) is 78.4 Å². The molecule has 11 rings (SSSR count). The molecule has 9 aromatic carbocycles. The summed E-state index contributed by atoms with van der Waals surface area (Å²) in [5.41, 5.74) is 17.1. The lowest BCUT2D eigenvalue weighted by Crippen LogP contribution is -2.14. The van der Waals surface area contributed by atoms with E-state index in [2.05, 4.69) is 214 Å². The molecular weight excluding hydrogens is 713 g/mol. The predicted molar refractivity (Wildman–Crippen MR) is 247 cm³/mol. The van der Waals surface area contributed by atoms with Gasteiger partial charge in [-0.05, 0) is 120 Å². The van der Waals surface area contributed by atoms with Crippen LogP contribution in [0.2, 0.25) is 0 Å². The fourth-order valence-corrected chi connectivity index (χ4v) is 9.10. The summed E-state index contributed by atoms with van der Waals surface area (Å²) in [4.78, 5) is 10.5. The van der Waals surface area contributed by atoms with Gasteiger partial charge in [0.05, 0.1) is 11.4 Å². The number of nitrogens with zero attached hydrogens (tertiary/aromatic N) is 2. The molecule has 0 atom stereocenters. The van der Waals surface area contributed by atoms with Gasteiger partial charge in [0.25, 0.3) is 0 Å². The maximum atomic E-state index is 5.34. The van der Waals surface area contributed by atoms with E-state index in [1.165, 1.54) is 66.1 Å². The highest BCUT2D eigenvalue weighted by atomic mass is 14.9. The summed E-state index contributed by atoms with van der Waals surface area (Å²) >= 11 is 0. The summed E-state index contributed by atoms with van der Waals surface area (Å²) < 4.78 is 0. The molecule has 1 aromatic heterocycles. The van der Waals surface area contributed by atoms with E-state index in [1.54, 1.807) is 0 Å². The zero-order chi connectivity index (χ0) is 39.5. The first-order chi connectivity index (χ1) is 29.0. The van der Waals surface area contributed by atoms with Gasteiger partial charge in [-0.1, -0.05) is 178 Å². The zero-order valence-corrected chi connectivity index (χ0v) is 33.0. The summed E-state index contributed by atoms with van der Waals surface area (Å²) in [6, 6.07) is 74.5. The molecule has 0 amide bonds. The maximum Gasteiger partial charge on any atom is 0.160 e. The molecule has 0 aliphatic heterocycles. The van der Waals surface area contributed by atoms with E-state index in [4.69, 9.17) is 9.97 Å². The van der Waals surface area contributed by atoms with Gasteiger partial charge in [-0.25, -0.2) is 9.97 Å². The highest BCUT2D eigenvalue weighted by Gasteiger charge is 2.37. The molecule has 1 aliphatic rings. The molecule has 2 heteroatoms. The lowest BCUT2D eigenvalue weighted by molar-refractivity contribution is 0.661. The lowest BCUT2D eigenvalue weighted by Gasteiger charge is -2.22. The Morgan fingerprint density at radius 1 is 0.305 bits per heavy atom. The first-order valence-corrected chi connectivity index (χ1v) is 20.4. The van der Waals surface area contributed by atoms with Crippen LogP contribution in [0, 0.1) is 0 Å². The fraction of sp³-hybridized carbons (Fsp3) is 0.0526. The molecule has 0 unspecified atom stereocenters. The Bertz CT molecular complexity index is 3220. The SMILES string of the molecule is CC1(C)c2cc3ccccc3cc2-c2c(-c3cc(-c4ccc5ccccc5c4)cc(-c4cc(-c5ccc(-c6ccccc6)cc5)nc(-c5ccccc5)n4)c3)cccc21. The Labute approximate surface area is 345 Å². The van der Waals surface area contributed by atoms with Gasteiger partial charge in [0.15, 0.2) is 5.82 Å². The van der Waals surface area contributed by atoms with Gasteiger partial charge in [-0.3, -0.25) is 0 Å². The van der Waals surface area contributed by atoms with Gasteiger partial charge >= 0.3 is 0 Å². The van der Waals surface area contributed by atoms with Crippen LogP contribution in [0.3, 0.4) is 0 Å². The van der Waals surface area contributed by atoms with Gasteiger partial charge in [0.1, 0.15) is 0 Å². The average molecular weight is 753 g/mol. The number of fused-ring (bicyclic) bond motifs is 5. The highest BCUT2D eigenvalue weighted by molar-refractivity contribution is 6.00. The first-order valence-electron chi connectivity index (χ1n) is 20.4. The summed E-state index contributed by atoms with van der Waals surface area (Å²) in [5.74, 6) is 0.700. The largest absolute Gasteiger partial charge is 0.228 e. The van der Waals surface area contributed by atoms with E-state index < -0.39 is 0 Å². The number of rotatable bonds is 6. The van der Waals surface area contributed by atoms with Crippen molar-refractivity contribution in [3.05, 3.63) is 217 Å². The van der Waals surface area contributed by atoms with Gasteiger partial charge in [0.2, 0.25) is 0 Å². The van der Waals surface area contributed by atoms with Crippen LogP contribution < -0.4 is 0 Å². The van der Waals surface area contributed by atoms with E-state index in [0.29, 0.717) is 5.82 Å². The second-order valence-electron chi connectivity index (χ2n) is 16.2. The Morgan fingerprint density at radius 3 is 1.58 bits per heavy atom. The molecule has 59 heavy (non-hydrogen) atoms.